The molecule has 1 nitrogen and oxygen atoms in total. The van der Waals surface area contributed by atoms with Gasteiger partial charge in [-0.05, 0) is 205 Å². The highest BCUT2D eigenvalue weighted by atomic mass is 15.1. The fourth-order valence-electron chi connectivity index (χ4n) is 13.7. The lowest BCUT2D eigenvalue weighted by atomic mass is 9.80. The highest BCUT2D eigenvalue weighted by molar-refractivity contribution is 5.95. The normalized spacial score (nSPS) is 14.8. The standard InChI is InChI=1S/C75H57N/c1-73(2)67-40-55(52-22-19-46-13-7-10-16-49(46)37-52)25-31-61(67)64-34-28-58(43-70(64)73)76(59-29-35-65-62-32-26-56(41-68(62)74(3,4)71(65)44-59)53-23-20-47-14-8-11-17-50(47)38-53)60-30-36-66-63-33-27-57(42-69(63)75(5,6)72(66)45-60)54-24-21-48-15-9-12-18-51(48)39-54/h7-45H,1-6H3. The highest BCUT2D eigenvalue weighted by Gasteiger charge is 2.40. The van der Waals surface area contributed by atoms with E-state index in [0.717, 1.165) is 17.1 Å². The Bertz CT molecular complexity index is 3990. The maximum absolute atomic E-state index is 2.54. The van der Waals surface area contributed by atoms with Crippen molar-refractivity contribution in [3.05, 3.63) is 270 Å². The smallest absolute Gasteiger partial charge is 0.0465 e. The van der Waals surface area contributed by atoms with Crippen molar-refractivity contribution in [1.29, 1.82) is 0 Å². The van der Waals surface area contributed by atoms with E-state index < -0.39 is 0 Å². The van der Waals surface area contributed by atoms with Gasteiger partial charge in [-0.1, -0.05) is 205 Å². The zero-order chi connectivity index (χ0) is 51.2. The molecule has 3 aliphatic rings. The van der Waals surface area contributed by atoms with E-state index >= 15 is 0 Å². The maximum atomic E-state index is 2.54. The fraction of sp³-hybridized carbons (Fsp3) is 0.120. The fourth-order valence-corrected chi connectivity index (χ4v) is 13.7. The molecule has 0 heterocycles. The van der Waals surface area contributed by atoms with Crippen molar-refractivity contribution in [3.8, 4) is 66.8 Å². The molecule has 3 aliphatic carbocycles. The van der Waals surface area contributed by atoms with Gasteiger partial charge in [-0.25, -0.2) is 0 Å². The summed E-state index contributed by atoms with van der Waals surface area (Å²) in [4.78, 5) is 2.54. The van der Waals surface area contributed by atoms with Crippen LogP contribution in [-0.2, 0) is 16.2 Å². The van der Waals surface area contributed by atoms with E-state index in [1.807, 2.05) is 0 Å². The Balaban J connectivity index is 0.848. The van der Waals surface area contributed by atoms with Crippen LogP contribution in [0.4, 0.5) is 17.1 Å². The van der Waals surface area contributed by atoms with Gasteiger partial charge in [-0.15, -0.1) is 0 Å². The predicted molar refractivity (Wildman–Crippen MR) is 323 cm³/mol. The molecular formula is C75H57N. The number of fused-ring (bicyclic) bond motifs is 12. The third-order valence-electron chi connectivity index (χ3n) is 18.0. The first-order valence-electron chi connectivity index (χ1n) is 27.0. The van der Waals surface area contributed by atoms with E-state index in [2.05, 4.69) is 283 Å². The van der Waals surface area contributed by atoms with Crippen LogP contribution in [0.5, 0.6) is 0 Å². The van der Waals surface area contributed by atoms with Crippen LogP contribution >= 0.6 is 0 Å². The molecule has 12 aromatic carbocycles. The van der Waals surface area contributed by atoms with E-state index in [4.69, 9.17) is 0 Å². The summed E-state index contributed by atoms with van der Waals surface area (Å²) in [5.41, 5.74) is 26.4. The van der Waals surface area contributed by atoms with Gasteiger partial charge in [-0.3, -0.25) is 0 Å². The molecule has 0 aliphatic heterocycles. The first kappa shape index (κ1) is 44.7. The van der Waals surface area contributed by atoms with Crippen molar-refractivity contribution < 1.29 is 0 Å². The van der Waals surface area contributed by atoms with Crippen LogP contribution in [0.25, 0.3) is 99.1 Å². The quantitative estimate of drug-likeness (QED) is 0.160. The molecule has 0 radical (unpaired) electrons. The zero-order valence-corrected chi connectivity index (χ0v) is 44.0. The maximum Gasteiger partial charge on any atom is 0.0465 e. The van der Waals surface area contributed by atoms with Crippen LogP contribution in [0.3, 0.4) is 0 Å². The molecule has 0 N–H and O–H groups in total. The number of hydrogen-bond acceptors (Lipinski definition) is 1. The molecule has 0 saturated carbocycles. The minimum absolute atomic E-state index is 0.228. The van der Waals surface area contributed by atoms with Crippen molar-refractivity contribution in [2.75, 3.05) is 4.90 Å². The SMILES string of the molecule is CC1(C)c2cc(-c3ccc4ccccc4c3)ccc2-c2ccc(N(c3ccc4c(c3)C(C)(C)c3cc(-c5ccc6ccccc6c5)ccc3-4)c3ccc4c(c3)C(C)(C)c3cc(-c5ccc6ccccc6c5)ccc3-4)cc21. The summed E-state index contributed by atoms with van der Waals surface area (Å²) < 4.78 is 0. The molecule has 0 bridgehead atoms. The lowest BCUT2D eigenvalue weighted by Gasteiger charge is -2.31. The lowest BCUT2D eigenvalue weighted by molar-refractivity contribution is 0.659. The summed E-state index contributed by atoms with van der Waals surface area (Å²) in [6, 6.07) is 89.7. The van der Waals surface area contributed by atoms with E-state index in [0.29, 0.717) is 0 Å². The van der Waals surface area contributed by atoms with Gasteiger partial charge in [0.15, 0.2) is 0 Å². The van der Waals surface area contributed by atoms with Crippen LogP contribution in [0.15, 0.2) is 237 Å². The van der Waals surface area contributed by atoms with Gasteiger partial charge in [0, 0.05) is 33.3 Å². The molecule has 0 unspecified atom stereocenters. The van der Waals surface area contributed by atoms with Crippen molar-refractivity contribution in [1.82, 2.24) is 0 Å². The molecule has 76 heavy (non-hydrogen) atoms. The number of nitrogens with zero attached hydrogens (tertiary/aromatic N) is 1. The van der Waals surface area contributed by atoms with Crippen molar-refractivity contribution >= 4 is 49.4 Å². The highest BCUT2D eigenvalue weighted by Crippen LogP contribution is 2.56. The van der Waals surface area contributed by atoms with E-state index in [-0.39, 0.29) is 16.2 Å². The van der Waals surface area contributed by atoms with Crippen molar-refractivity contribution in [2.45, 2.75) is 57.8 Å². The predicted octanol–water partition coefficient (Wildman–Crippen LogP) is 20.5. The minimum Gasteiger partial charge on any atom is -0.310 e. The molecule has 0 aromatic heterocycles. The largest absolute Gasteiger partial charge is 0.310 e. The van der Waals surface area contributed by atoms with Crippen LogP contribution in [0.1, 0.15) is 74.9 Å². The van der Waals surface area contributed by atoms with Crippen LogP contribution in [0.2, 0.25) is 0 Å². The van der Waals surface area contributed by atoms with Gasteiger partial charge in [-0.2, -0.15) is 0 Å². The second-order valence-electron chi connectivity index (χ2n) is 23.4. The first-order valence-corrected chi connectivity index (χ1v) is 27.0. The van der Waals surface area contributed by atoms with Crippen molar-refractivity contribution in [3.63, 3.8) is 0 Å². The molecule has 12 aromatic rings. The van der Waals surface area contributed by atoms with E-state index in [1.54, 1.807) is 0 Å². The molecule has 0 saturated heterocycles. The second kappa shape index (κ2) is 16.1. The van der Waals surface area contributed by atoms with E-state index in [1.165, 1.54) is 132 Å². The average molecular weight is 972 g/mol. The summed E-state index contributed by atoms with van der Waals surface area (Å²) in [6.45, 7) is 14.5. The monoisotopic (exact) mass is 971 g/mol. The average Bonchev–Trinajstić information content (AvgIpc) is 4.00. The Labute approximate surface area is 446 Å². The number of rotatable bonds is 6. The summed E-state index contributed by atoms with van der Waals surface area (Å²) in [5, 5.41) is 7.60. The van der Waals surface area contributed by atoms with Gasteiger partial charge in [0.2, 0.25) is 0 Å². The van der Waals surface area contributed by atoms with E-state index in [9.17, 15) is 0 Å². The molecule has 0 atom stereocenters. The van der Waals surface area contributed by atoms with Crippen LogP contribution < -0.4 is 4.90 Å². The van der Waals surface area contributed by atoms with Crippen molar-refractivity contribution in [2.24, 2.45) is 0 Å². The lowest BCUT2D eigenvalue weighted by Crippen LogP contribution is -2.19. The van der Waals surface area contributed by atoms with Gasteiger partial charge in [0.05, 0.1) is 0 Å². The van der Waals surface area contributed by atoms with Crippen LogP contribution in [0, 0.1) is 0 Å². The molecule has 0 spiro atoms. The minimum atomic E-state index is -0.228. The number of hydrogen-bond donors (Lipinski definition) is 0. The topological polar surface area (TPSA) is 3.24 Å². The molecule has 362 valence electrons. The summed E-state index contributed by atoms with van der Waals surface area (Å²) >= 11 is 0. The Hall–Kier alpha value is -8.78. The third-order valence-corrected chi connectivity index (χ3v) is 18.0. The summed E-state index contributed by atoms with van der Waals surface area (Å²) in [5.74, 6) is 0. The Morgan fingerprint density at radius 1 is 0.211 bits per heavy atom. The number of benzene rings is 12. The Morgan fingerprint density at radius 2 is 0.434 bits per heavy atom. The van der Waals surface area contributed by atoms with Gasteiger partial charge in [0.1, 0.15) is 0 Å². The second-order valence-corrected chi connectivity index (χ2v) is 23.4. The molecule has 0 fully saturated rings. The van der Waals surface area contributed by atoms with Gasteiger partial charge >= 0.3 is 0 Å². The van der Waals surface area contributed by atoms with Gasteiger partial charge in [0.25, 0.3) is 0 Å². The third kappa shape index (κ3) is 6.64. The Morgan fingerprint density at radius 3 is 0.724 bits per heavy atom. The molecule has 0 amide bonds. The molecular weight excluding hydrogens is 915 g/mol. The van der Waals surface area contributed by atoms with Gasteiger partial charge < -0.3 is 4.90 Å². The molecule has 1 heteroatoms. The number of anilines is 3. The van der Waals surface area contributed by atoms with Crippen LogP contribution in [-0.4, -0.2) is 0 Å². The first-order chi connectivity index (χ1) is 36.9. The summed E-state index contributed by atoms with van der Waals surface area (Å²) in [6.07, 6.45) is 0. The Kier molecular flexibility index (Phi) is 9.47. The zero-order valence-electron chi connectivity index (χ0n) is 44.0. The summed E-state index contributed by atoms with van der Waals surface area (Å²) in [7, 11) is 0. The molecule has 15 rings (SSSR count).